The first-order valence-electron chi connectivity index (χ1n) is 7.55. The van der Waals surface area contributed by atoms with E-state index in [2.05, 4.69) is 5.32 Å². The highest BCUT2D eigenvalue weighted by molar-refractivity contribution is 7.92. The van der Waals surface area contributed by atoms with Gasteiger partial charge < -0.3 is 15.0 Å². The fourth-order valence-electron chi connectivity index (χ4n) is 2.40. The van der Waals surface area contributed by atoms with Crippen LogP contribution in [0.15, 0.2) is 18.2 Å². The lowest BCUT2D eigenvalue weighted by molar-refractivity contribution is -0.127. The zero-order chi connectivity index (χ0) is 17.9. The largest absolute Gasteiger partial charge is 0.476 e. The fraction of sp³-hybridized carbons (Fsp3) is 0.533. The van der Waals surface area contributed by atoms with Crippen molar-refractivity contribution >= 4 is 33.2 Å². The summed E-state index contributed by atoms with van der Waals surface area (Å²) in [6.45, 7) is 1.28. The molecule has 1 aliphatic heterocycles. The van der Waals surface area contributed by atoms with Gasteiger partial charge in [-0.3, -0.25) is 9.10 Å². The molecular weight excluding hydrogens is 354 g/mol. The molecule has 1 atom stereocenters. The van der Waals surface area contributed by atoms with Crippen molar-refractivity contribution < 1.29 is 17.9 Å². The van der Waals surface area contributed by atoms with E-state index in [0.717, 1.165) is 23.5 Å². The van der Waals surface area contributed by atoms with Gasteiger partial charge in [0.15, 0.2) is 6.10 Å². The Labute approximate surface area is 147 Å². The van der Waals surface area contributed by atoms with E-state index in [1.54, 1.807) is 12.1 Å². The normalized spacial score (nSPS) is 17.4. The van der Waals surface area contributed by atoms with Gasteiger partial charge in [0, 0.05) is 11.6 Å². The summed E-state index contributed by atoms with van der Waals surface area (Å²) in [4.78, 5) is 14.3. The molecule has 1 aromatic rings. The first-order valence-corrected chi connectivity index (χ1v) is 9.77. The fourth-order valence-corrected chi connectivity index (χ4v) is 3.47. The van der Waals surface area contributed by atoms with E-state index in [1.807, 2.05) is 19.0 Å². The molecule has 0 aliphatic carbocycles. The van der Waals surface area contributed by atoms with Crippen LogP contribution >= 0.6 is 11.6 Å². The highest BCUT2D eigenvalue weighted by Gasteiger charge is 2.35. The summed E-state index contributed by atoms with van der Waals surface area (Å²) in [6, 6.07) is 4.68. The molecule has 0 saturated carbocycles. The summed E-state index contributed by atoms with van der Waals surface area (Å²) in [6.07, 6.45) is 0.996. The topological polar surface area (TPSA) is 79.0 Å². The average molecular weight is 376 g/mol. The van der Waals surface area contributed by atoms with Crippen LogP contribution in [0.25, 0.3) is 0 Å². The molecule has 134 valence electrons. The Balaban J connectivity index is 2.11. The van der Waals surface area contributed by atoms with Gasteiger partial charge in [0.1, 0.15) is 5.75 Å². The van der Waals surface area contributed by atoms with Crippen molar-refractivity contribution in [3.63, 3.8) is 0 Å². The van der Waals surface area contributed by atoms with Gasteiger partial charge in [-0.1, -0.05) is 11.6 Å². The standard InChI is InChI=1S/C15H22ClN3O4S/c1-18(2)8-4-7-17-15(20)14-10-19(24(3,21)22)12-9-11(16)5-6-13(12)23-14/h5-6,9,14H,4,7-8,10H2,1-3H3,(H,17,20)/t14-/m0/s1. The van der Waals surface area contributed by atoms with Crippen molar-refractivity contribution in [1.82, 2.24) is 10.2 Å². The number of rotatable bonds is 6. The molecule has 1 aliphatic rings. The number of fused-ring (bicyclic) bond motifs is 1. The Morgan fingerprint density at radius 3 is 2.79 bits per heavy atom. The van der Waals surface area contributed by atoms with Crippen LogP contribution in [-0.2, 0) is 14.8 Å². The van der Waals surface area contributed by atoms with E-state index in [0.29, 0.717) is 23.0 Å². The minimum atomic E-state index is -3.55. The minimum Gasteiger partial charge on any atom is -0.476 e. The summed E-state index contributed by atoms with van der Waals surface area (Å²) < 4.78 is 30.9. The number of benzene rings is 1. The molecule has 0 unspecified atom stereocenters. The number of hydrogen-bond donors (Lipinski definition) is 1. The van der Waals surface area contributed by atoms with Gasteiger partial charge >= 0.3 is 0 Å². The Hall–Kier alpha value is -1.51. The third-order valence-electron chi connectivity index (χ3n) is 3.56. The van der Waals surface area contributed by atoms with E-state index in [-0.39, 0.29) is 12.5 Å². The SMILES string of the molecule is CN(C)CCCNC(=O)[C@@H]1CN(S(C)(=O)=O)c2cc(Cl)ccc2O1. The van der Waals surface area contributed by atoms with Crippen molar-refractivity contribution in [3.05, 3.63) is 23.2 Å². The van der Waals surface area contributed by atoms with Crippen LogP contribution in [0.4, 0.5) is 5.69 Å². The van der Waals surface area contributed by atoms with Crippen molar-refractivity contribution in [2.75, 3.05) is 44.3 Å². The quantitative estimate of drug-likeness (QED) is 0.748. The van der Waals surface area contributed by atoms with Crippen molar-refractivity contribution in [2.24, 2.45) is 0 Å². The highest BCUT2D eigenvalue weighted by Crippen LogP contribution is 2.36. The number of nitrogens with one attached hydrogen (secondary N) is 1. The molecule has 1 N–H and O–H groups in total. The maximum absolute atomic E-state index is 12.3. The third kappa shape index (κ3) is 4.75. The Morgan fingerprint density at radius 2 is 2.17 bits per heavy atom. The van der Waals surface area contributed by atoms with Crippen LogP contribution < -0.4 is 14.4 Å². The molecule has 24 heavy (non-hydrogen) atoms. The summed E-state index contributed by atoms with van der Waals surface area (Å²) in [5.41, 5.74) is 0.349. The minimum absolute atomic E-state index is 0.0777. The molecular formula is C15H22ClN3O4S. The number of hydrogen-bond acceptors (Lipinski definition) is 5. The number of ether oxygens (including phenoxy) is 1. The van der Waals surface area contributed by atoms with Gasteiger partial charge in [-0.25, -0.2) is 8.42 Å². The summed E-state index contributed by atoms with van der Waals surface area (Å²) in [5, 5.41) is 3.18. The first kappa shape index (κ1) is 18.8. The van der Waals surface area contributed by atoms with Crippen LogP contribution in [0, 0.1) is 0 Å². The van der Waals surface area contributed by atoms with Gasteiger partial charge in [-0.15, -0.1) is 0 Å². The van der Waals surface area contributed by atoms with Gasteiger partial charge in [0.2, 0.25) is 10.0 Å². The van der Waals surface area contributed by atoms with Gasteiger partial charge in [0.25, 0.3) is 5.91 Å². The van der Waals surface area contributed by atoms with Crippen molar-refractivity contribution in [2.45, 2.75) is 12.5 Å². The summed E-state index contributed by atoms with van der Waals surface area (Å²) in [7, 11) is 0.362. The van der Waals surface area contributed by atoms with Crippen LogP contribution in [-0.4, -0.2) is 65.3 Å². The predicted octanol–water partition coefficient (Wildman–Crippen LogP) is 0.935. The molecule has 9 heteroatoms. The van der Waals surface area contributed by atoms with Gasteiger partial charge in [0.05, 0.1) is 18.5 Å². The zero-order valence-corrected chi connectivity index (χ0v) is 15.5. The first-order chi connectivity index (χ1) is 11.2. The van der Waals surface area contributed by atoms with Crippen LogP contribution in [0.2, 0.25) is 5.02 Å². The van der Waals surface area contributed by atoms with E-state index in [9.17, 15) is 13.2 Å². The van der Waals surface area contributed by atoms with E-state index in [4.69, 9.17) is 16.3 Å². The van der Waals surface area contributed by atoms with Crippen LogP contribution in [0.3, 0.4) is 0 Å². The lowest BCUT2D eigenvalue weighted by atomic mass is 10.2. The Kier molecular flexibility index (Phi) is 5.95. The maximum atomic E-state index is 12.3. The van der Waals surface area contributed by atoms with Gasteiger partial charge in [-0.05, 0) is 45.3 Å². The van der Waals surface area contributed by atoms with Crippen LogP contribution in [0.1, 0.15) is 6.42 Å². The third-order valence-corrected chi connectivity index (χ3v) is 4.95. The lowest BCUT2D eigenvalue weighted by Gasteiger charge is -2.34. The number of carbonyl (C=O) groups excluding carboxylic acids is 1. The number of halogens is 1. The molecule has 1 aromatic carbocycles. The molecule has 0 fully saturated rings. The number of carbonyl (C=O) groups is 1. The smallest absolute Gasteiger partial charge is 0.263 e. The number of sulfonamides is 1. The highest BCUT2D eigenvalue weighted by atomic mass is 35.5. The predicted molar refractivity (Wildman–Crippen MR) is 94.2 cm³/mol. The molecule has 0 spiro atoms. The maximum Gasteiger partial charge on any atom is 0.263 e. The molecule has 0 radical (unpaired) electrons. The van der Waals surface area contributed by atoms with Crippen molar-refractivity contribution in [1.29, 1.82) is 0 Å². The van der Waals surface area contributed by atoms with Crippen molar-refractivity contribution in [3.8, 4) is 5.75 Å². The molecule has 1 amide bonds. The second kappa shape index (κ2) is 7.58. The molecule has 0 aromatic heterocycles. The second-order valence-corrected chi connectivity index (χ2v) is 8.30. The molecule has 0 saturated heterocycles. The lowest BCUT2D eigenvalue weighted by Crippen LogP contribution is -2.50. The molecule has 2 rings (SSSR count). The van der Waals surface area contributed by atoms with E-state index < -0.39 is 16.1 Å². The van der Waals surface area contributed by atoms with E-state index >= 15 is 0 Å². The number of amides is 1. The van der Waals surface area contributed by atoms with Crippen LogP contribution in [0.5, 0.6) is 5.75 Å². The molecule has 0 bridgehead atoms. The second-order valence-electron chi connectivity index (χ2n) is 5.96. The van der Waals surface area contributed by atoms with Gasteiger partial charge in [-0.2, -0.15) is 0 Å². The summed E-state index contributed by atoms with van der Waals surface area (Å²) >= 11 is 5.94. The van der Waals surface area contributed by atoms with E-state index in [1.165, 1.54) is 6.07 Å². The number of nitrogens with zero attached hydrogens (tertiary/aromatic N) is 2. The average Bonchev–Trinajstić information content (AvgIpc) is 2.49. The Bertz CT molecular complexity index is 709. The Morgan fingerprint density at radius 1 is 1.46 bits per heavy atom. The molecule has 7 nitrogen and oxygen atoms in total. The summed E-state index contributed by atoms with van der Waals surface area (Å²) in [5.74, 6) is -0.00692. The zero-order valence-electron chi connectivity index (χ0n) is 14.0. The monoisotopic (exact) mass is 375 g/mol. The number of anilines is 1. The molecule has 1 heterocycles.